The van der Waals surface area contributed by atoms with Crippen molar-refractivity contribution in [1.82, 2.24) is 10.2 Å². The number of hydrogen-bond donors (Lipinski definition) is 1. The van der Waals surface area contributed by atoms with Crippen molar-refractivity contribution in [1.29, 1.82) is 0 Å². The standard InChI is InChI=1S/C20H24ClF2N3O2S/c1-19(2,3)26-7-5-25(6-8-26)16-12(10-15-17(27)24-18(28)29-15)9-13(11-14(16)21)20(4,22)23/h9-11H,5-8H2,1-4H3,(H,24,27,28)/b15-10-. The zero-order chi connectivity index (χ0) is 21.6. The molecule has 0 saturated carbocycles. The molecule has 2 amide bonds. The van der Waals surface area contributed by atoms with E-state index in [2.05, 4.69) is 31.0 Å². The maximum absolute atomic E-state index is 14.0. The number of alkyl halides is 2. The lowest BCUT2D eigenvalue weighted by Gasteiger charge is -2.43. The Morgan fingerprint density at radius 3 is 2.21 bits per heavy atom. The molecule has 0 atom stereocenters. The fourth-order valence-electron chi connectivity index (χ4n) is 3.48. The van der Waals surface area contributed by atoms with Crippen molar-refractivity contribution in [2.75, 3.05) is 31.1 Å². The van der Waals surface area contributed by atoms with E-state index in [0.717, 1.165) is 31.8 Å². The lowest BCUT2D eigenvalue weighted by atomic mass is 10.0. The third kappa shape index (κ3) is 4.92. The van der Waals surface area contributed by atoms with Crippen molar-refractivity contribution in [3.8, 4) is 0 Å². The normalized spacial score (nSPS) is 20.5. The molecular weight excluding hydrogens is 420 g/mol. The van der Waals surface area contributed by atoms with Crippen molar-refractivity contribution in [3.63, 3.8) is 0 Å². The molecule has 0 spiro atoms. The first-order chi connectivity index (χ1) is 13.4. The molecule has 1 N–H and O–H groups in total. The van der Waals surface area contributed by atoms with Gasteiger partial charge in [-0.2, -0.15) is 0 Å². The summed E-state index contributed by atoms with van der Waals surface area (Å²) in [6.45, 7) is 10.2. The fourth-order valence-corrected chi connectivity index (χ4v) is 4.50. The molecule has 5 nitrogen and oxygen atoms in total. The van der Waals surface area contributed by atoms with Gasteiger partial charge in [0.1, 0.15) is 0 Å². The molecule has 29 heavy (non-hydrogen) atoms. The van der Waals surface area contributed by atoms with Gasteiger partial charge in [-0.15, -0.1) is 0 Å². The van der Waals surface area contributed by atoms with Gasteiger partial charge in [-0.25, -0.2) is 8.78 Å². The van der Waals surface area contributed by atoms with Gasteiger partial charge in [0.15, 0.2) is 0 Å². The second-order valence-corrected chi connectivity index (χ2v) is 9.70. The number of carbonyl (C=O) groups excluding carboxylic acids is 2. The van der Waals surface area contributed by atoms with Crippen LogP contribution in [0.25, 0.3) is 6.08 Å². The van der Waals surface area contributed by atoms with E-state index < -0.39 is 17.1 Å². The van der Waals surface area contributed by atoms with Gasteiger partial charge in [0, 0.05) is 49.8 Å². The Bertz CT molecular complexity index is 870. The Labute approximate surface area is 178 Å². The van der Waals surface area contributed by atoms with Crippen molar-refractivity contribution < 1.29 is 18.4 Å². The number of nitrogens with one attached hydrogen (secondary N) is 1. The Morgan fingerprint density at radius 2 is 1.72 bits per heavy atom. The van der Waals surface area contributed by atoms with E-state index in [4.69, 9.17) is 11.6 Å². The number of nitrogens with zero attached hydrogens (tertiary/aromatic N) is 2. The third-order valence-electron chi connectivity index (χ3n) is 5.07. The number of hydrogen-bond acceptors (Lipinski definition) is 5. The van der Waals surface area contributed by atoms with Crippen LogP contribution in [0.5, 0.6) is 0 Å². The van der Waals surface area contributed by atoms with E-state index >= 15 is 0 Å². The maximum Gasteiger partial charge on any atom is 0.290 e. The van der Waals surface area contributed by atoms with Crippen LogP contribution in [0.3, 0.4) is 0 Å². The highest BCUT2D eigenvalue weighted by Crippen LogP contribution is 2.40. The molecule has 2 saturated heterocycles. The number of amides is 2. The van der Waals surface area contributed by atoms with Gasteiger partial charge in [0.05, 0.1) is 15.6 Å². The number of benzene rings is 1. The summed E-state index contributed by atoms with van der Waals surface area (Å²) in [7, 11) is 0. The van der Waals surface area contributed by atoms with Crippen molar-refractivity contribution in [2.24, 2.45) is 0 Å². The quantitative estimate of drug-likeness (QED) is 0.686. The van der Waals surface area contributed by atoms with Crippen molar-refractivity contribution >= 4 is 46.3 Å². The molecule has 0 bridgehead atoms. The first kappa shape index (κ1) is 22.1. The van der Waals surface area contributed by atoms with E-state index in [1.54, 1.807) is 0 Å². The molecule has 1 aromatic rings. The molecule has 3 rings (SSSR count). The minimum Gasteiger partial charge on any atom is -0.367 e. The first-order valence-electron chi connectivity index (χ1n) is 9.33. The Morgan fingerprint density at radius 1 is 1.10 bits per heavy atom. The Balaban J connectivity index is 2.01. The highest BCUT2D eigenvalue weighted by Gasteiger charge is 2.32. The lowest BCUT2D eigenvalue weighted by molar-refractivity contribution is -0.115. The number of carbonyl (C=O) groups is 2. The minimum atomic E-state index is -3.08. The van der Waals surface area contributed by atoms with Crippen molar-refractivity contribution in [2.45, 2.75) is 39.2 Å². The third-order valence-corrected chi connectivity index (χ3v) is 6.17. The van der Waals surface area contributed by atoms with Crippen LogP contribution in [-0.4, -0.2) is 47.8 Å². The van der Waals surface area contributed by atoms with Gasteiger partial charge in [0.2, 0.25) is 0 Å². The molecule has 2 heterocycles. The molecule has 2 aliphatic rings. The summed E-state index contributed by atoms with van der Waals surface area (Å²) in [4.78, 5) is 28.0. The van der Waals surface area contributed by atoms with Crippen LogP contribution < -0.4 is 10.2 Å². The van der Waals surface area contributed by atoms with Crippen LogP contribution in [0.15, 0.2) is 17.0 Å². The molecule has 1 aromatic carbocycles. The fraction of sp³-hybridized carbons (Fsp3) is 0.500. The van der Waals surface area contributed by atoms with Crippen LogP contribution in [0.1, 0.15) is 38.8 Å². The smallest absolute Gasteiger partial charge is 0.290 e. The van der Waals surface area contributed by atoms with Crippen molar-refractivity contribution in [3.05, 3.63) is 33.2 Å². The molecule has 2 fully saturated rings. The van der Waals surface area contributed by atoms with Gasteiger partial charge < -0.3 is 4.90 Å². The molecule has 0 radical (unpaired) electrons. The Hall–Kier alpha value is -1.64. The van der Waals surface area contributed by atoms with E-state index in [-0.39, 0.29) is 21.0 Å². The summed E-state index contributed by atoms with van der Waals surface area (Å²) in [5.74, 6) is -3.62. The zero-order valence-corrected chi connectivity index (χ0v) is 18.4. The highest BCUT2D eigenvalue weighted by molar-refractivity contribution is 8.18. The lowest BCUT2D eigenvalue weighted by Crippen LogP contribution is -2.53. The SMILES string of the molecule is CC(F)(F)c1cc(Cl)c(N2CCN(C(C)(C)C)CC2)c(/C=C2\SC(=O)NC2=O)c1. The second-order valence-electron chi connectivity index (χ2n) is 8.28. The molecule has 2 aliphatic heterocycles. The number of halogens is 3. The summed E-state index contributed by atoms with van der Waals surface area (Å²) < 4.78 is 28.0. The van der Waals surface area contributed by atoms with Gasteiger partial charge in [0.25, 0.3) is 17.1 Å². The minimum absolute atomic E-state index is 0.0355. The highest BCUT2D eigenvalue weighted by atomic mass is 35.5. The van der Waals surface area contributed by atoms with Crippen LogP contribution in [0.4, 0.5) is 19.3 Å². The van der Waals surface area contributed by atoms with Gasteiger partial charge in [-0.05, 0) is 50.7 Å². The topological polar surface area (TPSA) is 52.6 Å². The summed E-state index contributed by atoms with van der Waals surface area (Å²) in [5, 5.41) is 1.91. The predicted molar refractivity (Wildman–Crippen MR) is 114 cm³/mol. The Kier molecular flexibility index (Phi) is 6.00. The summed E-state index contributed by atoms with van der Waals surface area (Å²) in [6, 6.07) is 2.63. The zero-order valence-electron chi connectivity index (χ0n) is 16.8. The first-order valence-corrected chi connectivity index (χ1v) is 10.5. The summed E-state index contributed by atoms with van der Waals surface area (Å²) in [6.07, 6.45) is 1.47. The predicted octanol–water partition coefficient (Wildman–Crippen LogP) is 4.70. The van der Waals surface area contributed by atoms with Gasteiger partial charge in [-0.3, -0.25) is 19.8 Å². The van der Waals surface area contributed by atoms with E-state index in [0.29, 0.717) is 24.3 Å². The van der Waals surface area contributed by atoms with E-state index in [1.807, 2.05) is 4.90 Å². The summed E-state index contributed by atoms with van der Waals surface area (Å²) in [5.41, 5.74) is 0.813. The van der Waals surface area contributed by atoms with Crippen LogP contribution in [0, 0.1) is 0 Å². The number of imide groups is 1. The van der Waals surface area contributed by atoms with Gasteiger partial charge >= 0.3 is 0 Å². The van der Waals surface area contributed by atoms with Crippen LogP contribution in [-0.2, 0) is 10.7 Å². The largest absolute Gasteiger partial charge is 0.367 e. The molecule has 9 heteroatoms. The maximum atomic E-state index is 14.0. The number of thioether (sulfide) groups is 1. The monoisotopic (exact) mass is 443 g/mol. The molecule has 0 unspecified atom stereocenters. The van der Waals surface area contributed by atoms with E-state index in [1.165, 1.54) is 18.2 Å². The molecule has 0 aliphatic carbocycles. The molecular formula is C20H24ClF2N3O2S. The number of piperazine rings is 1. The average Bonchev–Trinajstić information content (AvgIpc) is 2.90. The van der Waals surface area contributed by atoms with Crippen LogP contribution in [0.2, 0.25) is 5.02 Å². The average molecular weight is 444 g/mol. The molecule has 158 valence electrons. The molecule has 0 aromatic heterocycles. The second kappa shape index (κ2) is 7.89. The van der Waals surface area contributed by atoms with Gasteiger partial charge in [-0.1, -0.05) is 11.6 Å². The summed E-state index contributed by atoms with van der Waals surface area (Å²) >= 11 is 7.21. The van der Waals surface area contributed by atoms with Crippen LogP contribution >= 0.6 is 23.4 Å². The number of anilines is 1. The number of rotatable bonds is 3. The van der Waals surface area contributed by atoms with E-state index in [9.17, 15) is 18.4 Å².